The number of aromatic nitrogens is 2. The molecule has 2 fully saturated rings. The van der Waals surface area contributed by atoms with Crippen LogP contribution in [0.3, 0.4) is 0 Å². The molecule has 0 bridgehead atoms. The van der Waals surface area contributed by atoms with Crippen LogP contribution >= 0.6 is 23.3 Å². The minimum Gasteiger partial charge on any atom is -0.346 e. The van der Waals surface area contributed by atoms with E-state index < -0.39 is 0 Å². The number of nitrogens with one attached hydrogen (secondary N) is 1. The van der Waals surface area contributed by atoms with Gasteiger partial charge in [-0.3, -0.25) is 19.3 Å². The van der Waals surface area contributed by atoms with Gasteiger partial charge in [-0.2, -0.15) is 0 Å². The first kappa shape index (κ1) is 15.4. The number of aryl methyl sites for hydroxylation is 1. The first-order chi connectivity index (χ1) is 10.6. The van der Waals surface area contributed by atoms with Gasteiger partial charge in [0.1, 0.15) is 4.88 Å². The second-order valence-electron chi connectivity index (χ2n) is 5.44. The SMILES string of the molecule is Cc1nnsc1C(=O)N[C@@H]1CCCC[C@H]1N1C(=O)CSC1=O. The second-order valence-corrected chi connectivity index (χ2v) is 7.12. The normalized spacial score (nSPS) is 25.6. The average Bonchev–Trinajstić information content (AvgIpc) is 3.06. The Labute approximate surface area is 136 Å². The first-order valence-corrected chi connectivity index (χ1v) is 8.92. The van der Waals surface area contributed by atoms with Gasteiger partial charge in [0.05, 0.1) is 23.5 Å². The van der Waals surface area contributed by atoms with Crippen LogP contribution < -0.4 is 5.32 Å². The molecule has 9 heteroatoms. The fourth-order valence-electron chi connectivity index (χ4n) is 2.95. The lowest BCUT2D eigenvalue weighted by Gasteiger charge is -2.36. The molecule has 2 aliphatic rings. The molecule has 3 rings (SSSR count). The van der Waals surface area contributed by atoms with Gasteiger partial charge in [-0.1, -0.05) is 29.1 Å². The summed E-state index contributed by atoms with van der Waals surface area (Å²) in [5.74, 6) is -0.179. The van der Waals surface area contributed by atoms with Gasteiger partial charge in [-0.25, -0.2) is 0 Å². The number of rotatable bonds is 3. The third kappa shape index (κ3) is 2.87. The summed E-state index contributed by atoms with van der Waals surface area (Å²) in [5.41, 5.74) is 0.596. The van der Waals surface area contributed by atoms with E-state index in [1.165, 1.54) is 4.90 Å². The molecule has 1 aromatic rings. The van der Waals surface area contributed by atoms with Crippen molar-refractivity contribution >= 4 is 40.3 Å². The fourth-order valence-corrected chi connectivity index (χ4v) is 4.27. The van der Waals surface area contributed by atoms with E-state index >= 15 is 0 Å². The molecule has 7 nitrogen and oxygen atoms in total. The lowest BCUT2D eigenvalue weighted by Crippen LogP contribution is -2.54. The maximum Gasteiger partial charge on any atom is 0.289 e. The van der Waals surface area contributed by atoms with E-state index in [9.17, 15) is 14.4 Å². The molecule has 22 heavy (non-hydrogen) atoms. The van der Waals surface area contributed by atoms with Gasteiger partial charge in [0.2, 0.25) is 5.91 Å². The number of imide groups is 1. The lowest BCUT2D eigenvalue weighted by molar-refractivity contribution is -0.127. The van der Waals surface area contributed by atoms with Crippen LogP contribution in [0.25, 0.3) is 0 Å². The van der Waals surface area contributed by atoms with Gasteiger partial charge in [0.25, 0.3) is 11.1 Å². The molecule has 0 unspecified atom stereocenters. The highest BCUT2D eigenvalue weighted by molar-refractivity contribution is 8.14. The standard InChI is InChI=1S/C13H16N4O3S2/c1-7-11(22-16-15-7)12(19)14-8-4-2-3-5-9(8)17-10(18)6-21-13(17)20/h8-9H,2-6H2,1H3,(H,14,19)/t8-,9-/m1/s1. The molecule has 0 aromatic carbocycles. The number of carbonyl (C=O) groups is 3. The van der Waals surface area contributed by atoms with E-state index in [0.717, 1.165) is 49.0 Å². The third-order valence-corrected chi connectivity index (χ3v) is 5.68. The van der Waals surface area contributed by atoms with Gasteiger partial charge in [-0.05, 0) is 31.3 Å². The quantitative estimate of drug-likeness (QED) is 0.898. The van der Waals surface area contributed by atoms with Crippen LogP contribution in [0.5, 0.6) is 0 Å². The monoisotopic (exact) mass is 340 g/mol. The number of hydrogen-bond donors (Lipinski definition) is 1. The molecule has 1 saturated heterocycles. The average molecular weight is 340 g/mol. The largest absolute Gasteiger partial charge is 0.346 e. The van der Waals surface area contributed by atoms with Crippen molar-refractivity contribution in [2.45, 2.75) is 44.7 Å². The van der Waals surface area contributed by atoms with Crippen molar-refractivity contribution in [3.05, 3.63) is 10.6 Å². The summed E-state index contributed by atoms with van der Waals surface area (Å²) in [5, 5.41) is 6.60. The highest BCUT2D eigenvalue weighted by Crippen LogP contribution is 2.30. The van der Waals surface area contributed by atoms with Gasteiger partial charge < -0.3 is 5.32 Å². The maximum atomic E-state index is 12.3. The molecule has 1 aliphatic carbocycles. The Morgan fingerprint density at radius 2 is 2.09 bits per heavy atom. The molecule has 2 heterocycles. The number of thioether (sulfide) groups is 1. The van der Waals surface area contributed by atoms with E-state index in [2.05, 4.69) is 14.9 Å². The van der Waals surface area contributed by atoms with Crippen molar-refractivity contribution in [3.8, 4) is 0 Å². The number of amides is 3. The number of carbonyl (C=O) groups excluding carboxylic acids is 3. The molecule has 2 atom stereocenters. The summed E-state index contributed by atoms with van der Waals surface area (Å²) >= 11 is 2.09. The Balaban J connectivity index is 1.75. The van der Waals surface area contributed by atoms with Crippen LogP contribution in [0.2, 0.25) is 0 Å². The summed E-state index contributed by atoms with van der Waals surface area (Å²) in [6.45, 7) is 1.74. The summed E-state index contributed by atoms with van der Waals surface area (Å²) in [6, 6.07) is -0.441. The van der Waals surface area contributed by atoms with Gasteiger partial charge in [0, 0.05) is 0 Å². The van der Waals surface area contributed by atoms with E-state index in [-0.39, 0.29) is 34.9 Å². The lowest BCUT2D eigenvalue weighted by atomic mass is 9.89. The zero-order chi connectivity index (χ0) is 15.7. The van der Waals surface area contributed by atoms with Crippen molar-refractivity contribution in [3.63, 3.8) is 0 Å². The van der Waals surface area contributed by atoms with Gasteiger partial charge in [0.15, 0.2) is 0 Å². The molecular formula is C13H16N4O3S2. The van der Waals surface area contributed by atoms with Crippen LogP contribution in [0.1, 0.15) is 41.0 Å². The van der Waals surface area contributed by atoms with E-state index in [4.69, 9.17) is 0 Å². The molecule has 3 amide bonds. The van der Waals surface area contributed by atoms with E-state index in [1.54, 1.807) is 6.92 Å². The zero-order valence-corrected chi connectivity index (χ0v) is 13.7. The molecular weight excluding hydrogens is 324 g/mol. The topological polar surface area (TPSA) is 92.3 Å². The van der Waals surface area contributed by atoms with Crippen molar-refractivity contribution in [2.24, 2.45) is 0 Å². The first-order valence-electron chi connectivity index (χ1n) is 7.16. The highest BCUT2D eigenvalue weighted by Gasteiger charge is 2.41. The van der Waals surface area contributed by atoms with Crippen LogP contribution in [0, 0.1) is 6.92 Å². The van der Waals surface area contributed by atoms with Crippen LogP contribution in [-0.4, -0.2) is 49.4 Å². The molecule has 1 aromatic heterocycles. The Morgan fingerprint density at radius 1 is 1.32 bits per heavy atom. The summed E-state index contributed by atoms with van der Waals surface area (Å²) in [6.07, 6.45) is 3.44. The Hall–Kier alpha value is -1.48. The van der Waals surface area contributed by atoms with Crippen molar-refractivity contribution < 1.29 is 14.4 Å². The Morgan fingerprint density at radius 3 is 2.73 bits per heavy atom. The van der Waals surface area contributed by atoms with E-state index in [1.807, 2.05) is 0 Å². The van der Waals surface area contributed by atoms with Crippen molar-refractivity contribution in [1.82, 2.24) is 19.8 Å². The number of nitrogens with zero attached hydrogens (tertiary/aromatic N) is 3. The Kier molecular flexibility index (Phi) is 4.44. The van der Waals surface area contributed by atoms with Gasteiger partial charge >= 0.3 is 0 Å². The Bertz CT molecular complexity index is 602. The third-order valence-electron chi connectivity index (χ3n) is 4.02. The molecule has 0 radical (unpaired) electrons. The van der Waals surface area contributed by atoms with E-state index in [0.29, 0.717) is 10.6 Å². The summed E-state index contributed by atoms with van der Waals surface area (Å²) < 4.78 is 3.77. The summed E-state index contributed by atoms with van der Waals surface area (Å²) in [4.78, 5) is 38.1. The van der Waals surface area contributed by atoms with Crippen LogP contribution in [0.4, 0.5) is 4.79 Å². The molecule has 1 N–H and O–H groups in total. The van der Waals surface area contributed by atoms with Crippen molar-refractivity contribution in [1.29, 1.82) is 0 Å². The predicted molar refractivity (Wildman–Crippen MR) is 82.9 cm³/mol. The van der Waals surface area contributed by atoms with Crippen LogP contribution in [0.15, 0.2) is 0 Å². The van der Waals surface area contributed by atoms with Gasteiger partial charge in [-0.15, -0.1) is 5.10 Å². The smallest absolute Gasteiger partial charge is 0.289 e. The molecule has 1 aliphatic heterocycles. The van der Waals surface area contributed by atoms with Crippen LogP contribution in [-0.2, 0) is 4.79 Å². The maximum absolute atomic E-state index is 12.3. The highest BCUT2D eigenvalue weighted by atomic mass is 32.2. The molecule has 0 spiro atoms. The molecule has 1 saturated carbocycles. The molecule has 118 valence electrons. The second kappa shape index (κ2) is 6.33. The summed E-state index contributed by atoms with van der Waals surface area (Å²) in [7, 11) is 0. The minimum atomic E-state index is -0.242. The minimum absolute atomic E-state index is 0.156. The number of hydrogen-bond acceptors (Lipinski definition) is 7. The fraction of sp³-hybridized carbons (Fsp3) is 0.615. The predicted octanol–water partition coefficient (Wildman–Crippen LogP) is 1.58. The zero-order valence-electron chi connectivity index (χ0n) is 12.1. The van der Waals surface area contributed by atoms with Crippen molar-refractivity contribution in [2.75, 3.05) is 5.75 Å².